The minimum absolute atomic E-state index is 0.0277. The van der Waals surface area contributed by atoms with Gasteiger partial charge in [0.1, 0.15) is 0 Å². The second kappa shape index (κ2) is 7.78. The van der Waals surface area contributed by atoms with Crippen LogP contribution in [-0.2, 0) is 9.59 Å². The molecule has 5 nitrogen and oxygen atoms in total. The molecule has 116 valence electrons. The topological polar surface area (TPSA) is 84.2 Å². The fourth-order valence-electron chi connectivity index (χ4n) is 2.07. The van der Waals surface area contributed by atoms with Crippen LogP contribution in [0.25, 0.3) is 0 Å². The molecule has 21 heavy (non-hydrogen) atoms. The molecule has 0 heterocycles. The van der Waals surface area contributed by atoms with E-state index in [9.17, 15) is 9.59 Å². The van der Waals surface area contributed by atoms with Crippen molar-refractivity contribution in [1.29, 1.82) is 0 Å². The number of benzene rings is 1. The third-order valence-corrected chi connectivity index (χ3v) is 3.32. The van der Waals surface area contributed by atoms with Crippen molar-refractivity contribution < 1.29 is 9.59 Å². The Morgan fingerprint density at radius 1 is 1.14 bits per heavy atom. The van der Waals surface area contributed by atoms with Gasteiger partial charge in [-0.1, -0.05) is 19.9 Å². The molecule has 0 saturated carbocycles. The van der Waals surface area contributed by atoms with E-state index in [0.29, 0.717) is 24.3 Å². The van der Waals surface area contributed by atoms with Gasteiger partial charge in [-0.3, -0.25) is 9.59 Å². The van der Waals surface area contributed by atoms with Crippen molar-refractivity contribution >= 4 is 23.2 Å². The maximum absolute atomic E-state index is 12.0. The summed E-state index contributed by atoms with van der Waals surface area (Å²) >= 11 is 0. The molecular weight excluding hydrogens is 266 g/mol. The number of carbonyl (C=O) groups excluding carboxylic acids is 2. The number of hydrogen-bond acceptors (Lipinski definition) is 3. The third-order valence-electron chi connectivity index (χ3n) is 3.32. The molecule has 0 saturated heterocycles. The first-order valence-electron chi connectivity index (χ1n) is 7.20. The number of carbonyl (C=O) groups is 2. The van der Waals surface area contributed by atoms with Crippen LogP contribution in [0.4, 0.5) is 11.4 Å². The maximum Gasteiger partial charge on any atom is 0.224 e. The Labute approximate surface area is 126 Å². The van der Waals surface area contributed by atoms with E-state index in [1.165, 1.54) is 6.92 Å². The average molecular weight is 291 g/mol. The van der Waals surface area contributed by atoms with Gasteiger partial charge in [0.05, 0.1) is 0 Å². The molecule has 0 unspecified atom stereocenters. The molecule has 2 amide bonds. The highest BCUT2D eigenvalue weighted by atomic mass is 16.2. The molecule has 4 N–H and O–H groups in total. The summed E-state index contributed by atoms with van der Waals surface area (Å²) in [5.74, 6) is -0.165. The lowest BCUT2D eigenvalue weighted by Crippen LogP contribution is -2.20. The van der Waals surface area contributed by atoms with Gasteiger partial charge in [0.15, 0.2) is 0 Å². The van der Waals surface area contributed by atoms with Gasteiger partial charge >= 0.3 is 0 Å². The summed E-state index contributed by atoms with van der Waals surface area (Å²) in [4.78, 5) is 23.0. The van der Waals surface area contributed by atoms with Crippen LogP contribution in [0.1, 0.15) is 40.0 Å². The molecule has 0 aliphatic rings. The van der Waals surface area contributed by atoms with Crippen molar-refractivity contribution in [2.75, 3.05) is 17.2 Å². The van der Waals surface area contributed by atoms with Crippen LogP contribution in [0.3, 0.4) is 0 Å². The zero-order valence-corrected chi connectivity index (χ0v) is 13.0. The van der Waals surface area contributed by atoms with Gasteiger partial charge in [0.2, 0.25) is 11.8 Å². The molecule has 5 heteroatoms. The average Bonchev–Trinajstić information content (AvgIpc) is 2.36. The van der Waals surface area contributed by atoms with Crippen LogP contribution < -0.4 is 16.4 Å². The van der Waals surface area contributed by atoms with Gasteiger partial charge in [0.25, 0.3) is 0 Å². The molecule has 0 aliphatic carbocycles. The van der Waals surface area contributed by atoms with Crippen LogP contribution in [0.2, 0.25) is 0 Å². The van der Waals surface area contributed by atoms with Crippen molar-refractivity contribution in [2.24, 2.45) is 11.1 Å². The summed E-state index contributed by atoms with van der Waals surface area (Å²) in [5.41, 5.74) is 6.99. The predicted octanol–water partition coefficient (Wildman–Crippen LogP) is 2.74. The SMILES string of the molecule is CC(=O)Nc1cccc(NC(=O)CCC(C)(C)CCN)c1. The van der Waals surface area contributed by atoms with Crippen LogP contribution in [0, 0.1) is 5.41 Å². The van der Waals surface area contributed by atoms with E-state index in [-0.39, 0.29) is 17.2 Å². The molecule has 0 atom stereocenters. The molecular formula is C16H25N3O2. The van der Waals surface area contributed by atoms with Crippen LogP contribution in [-0.4, -0.2) is 18.4 Å². The Morgan fingerprint density at radius 3 is 2.33 bits per heavy atom. The number of nitrogens with one attached hydrogen (secondary N) is 2. The van der Waals surface area contributed by atoms with Gasteiger partial charge in [0, 0.05) is 24.7 Å². The first kappa shape index (κ1) is 17.2. The first-order valence-corrected chi connectivity index (χ1v) is 7.20. The maximum atomic E-state index is 12.0. The number of anilines is 2. The van der Waals surface area contributed by atoms with Gasteiger partial charge in [-0.15, -0.1) is 0 Å². The summed E-state index contributed by atoms with van der Waals surface area (Å²) in [6.45, 7) is 6.31. The first-order chi connectivity index (χ1) is 9.82. The Morgan fingerprint density at radius 2 is 1.76 bits per heavy atom. The molecule has 1 rings (SSSR count). The summed E-state index contributed by atoms with van der Waals surface area (Å²) in [6.07, 6.45) is 2.15. The monoisotopic (exact) mass is 291 g/mol. The number of hydrogen-bond donors (Lipinski definition) is 3. The van der Waals surface area contributed by atoms with Crippen LogP contribution in [0.15, 0.2) is 24.3 Å². The van der Waals surface area contributed by atoms with Crippen molar-refractivity contribution in [1.82, 2.24) is 0 Å². The van der Waals surface area contributed by atoms with Crippen molar-refractivity contribution in [3.8, 4) is 0 Å². The highest BCUT2D eigenvalue weighted by Crippen LogP contribution is 2.26. The van der Waals surface area contributed by atoms with E-state index < -0.39 is 0 Å². The second-order valence-electron chi connectivity index (χ2n) is 6.01. The lowest BCUT2D eigenvalue weighted by Gasteiger charge is -2.23. The zero-order valence-electron chi connectivity index (χ0n) is 13.0. The molecule has 1 aromatic carbocycles. The molecule has 0 fully saturated rings. The molecule has 0 spiro atoms. The van der Waals surface area contributed by atoms with Crippen molar-refractivity contribution in [3.63, 3.8) is 0 Å². The van der Waals surface area contributed by atoms with Crippen molar-refractivity contribution in [3.05, 3.63) is 24.3 Å². The van der Waals surface area contributed by atoms with E-state index in [4.69, 9.17) is 5.73 Å². The smallest absolute Gasteiger partial charge is 0.224 e. The quantitative estimate of drug-likeness (QED) is 0.722. The fraction of sp³-hybridized carbons (Fsp3) is 0.500. The van der Waals surface area contributed by atoms with E-state index in [1.807, 2.05) is 0 Å². The Kier molecular flexibility index (Phi) is 6.37. The summed E-state index contributed by atoms with van der Waals surface area (Å²) < 4.78 is 0. The van der Waals surface area contributed by atoms with E-state index in [1.54, 1.807) is 24.3 Å². The summed E-state index contributed by atoms with van der Waals surface area (Å²) in [5, 5.41) is 5.54. The van der Waals surface area contributed by atoms with Crippen LogP contribution in [0.5, 0.6) is 0 Å². The molecule has 0 bridgehead atoms. The molecule has 0 radical (unpaired) electrons. The standard InChI is InChI=1S/C16H25N3O2/c1-12(20)18-13-5-4-6-14(11-13)19-15(21)7-8-16(2,3)9-10-17/h4-6,11H,7-10,17H2,1-3H3,(H,18,20)(H,19,21). The largest absolute Gasteiger partial charge is 0.330 e. The van der Waals surface area contributed by atoms with Gasteiger partial charge in [-0.25, -0.2) is 0 Å². The molecule has 0 aliphatic heterocycles. The third kappa shape index (κ3) is 6.90. The zero-order chi connectivity index (χ0) is 15.9. The lowest BCUT2D eigenvalue weighted by atomic mass is 9.84. The Hall–Kier alpha value is -1.88. The van der Waals surface area contributed by atoms with Gasteiger partial charge in [-0.2, -0.15) is 0 Å². The number of rotatable bonds is 7. The normalized spacial score (nSPS) is 11.0. The lowest BCUT2D eigenvalue weighted by molar-refractivity contribution is -0.117. The second-order valence-corrected chi connectivity index (χ2v) is 6.01. The summed E-state index contributed by atoms with van der Waals surface area (Å²) in [7, 11) is 0. The van der Waals surface area contributed by atoms with E-state index >= 15 is 0 Å². The van der Waals surface area contributed by atoms with E-state index in [0.717, 1.165) is 12.8 Å². The minimum Gasteiger partial charge on any atom is -0.330 e. The number of amides is 2. The van der Waals surface area contributed by atoms with Gasteiger partial charge < -0.3 is 16.4 Å². The molecule has 0 aromatic heterocycles. The summed E-state index contributed by atoms with van der Waals surface area (Å²) in [6, 6.07) is 7.11. The van der Waals surface area contributed by atoms with Crippen LogP contribution >= 0.6 is 0 Å². The molecule has 1 aromatic rings. The fourth-order valence-corrected chi connectivity index (χ4v) is 2.07. The van der Waals surface area contributed by atoms with Gasteiger partial charge in [-0.05, 0) is 43.0 Å². The Balaban J connectivity index is 2.53. The number of nitrogens with two attached hydrogens (primary N) is 1. The Bertz CT molecular complexity index is 498. The van der Waals surface area contributed by atoms with E-state index in [2.05, 4.69) is 24.5 Å². The minimum atomic E-state index is -0.137. The highest BCUT2D eigenvalue weighted by molar-refractivity contribution is 5.93. The highest BCUT2D eigenvalue weighted by Gasteiger charge is 2.18. The van der Waals surface area contributed by atoms with Crippen molar-refractivity contribution in [2.45, 2.75) is 40.0 Å². The predicted molar refractivity (Wildman–Crippen MR) is 86.1 cm³/mol.